The van der Waals surface area contributed by atoms with E-state index in [-0.39, 0.29) is 23.9 Å². The highest BCUT2D eigenvalue weighted by molar-refractivity contribution is 5.85. The summed E-state index contributed by atoms with van der Waals surface area (Å²) in [5.41, 5.74) is 2.39. The number of rotatable bonds is 6. The quantitative estimate of drug-likeness (QED) is 0.789. The second-order valence-corrected chi connectivity index (χ2v) is 5.24. The number of halogens is 1. The molecule has 2 rings (SSSR count). The van der Waals surface area contributed by atoms with Crippen LogP contribution in [0.2, 0.25) is 0 Å². The smallest absolute Gasteiger partial charge is 0.157 e. The van der Waals surface area contributed by atoms with Crippen LogP contribution in [0.15, 0.2) is 12.1 Å². The van der Waals surface area contributed by atoms with Crippen molar-refractivity contribution in [1.82, 2.24) is 4.90 Å². The van der Waals surface area contributed by atoms with E-state index in [9.17, 15) is 10.2 Å². The van der Waals surface area contributed by atoms with Crippen molar-refractivity contribution in [2.45, 2.75) is 39.0 Å². The van der Waals surface area contributed by atoms with E-state index in [0.717, 1.165) is 26.1 Å². The van der Waals surface area contributed by atoms with Crippen molar-refractivity contribution in [2.75, 3.05) is 19.6 Å². The number of fused-ring (bicyclic) bond motifs is 1. The maximum absolute atomic E-state index is 9.55. The van der Waals surface area contributed by atoms with Crippen molar-refractivity contribution in [2.24, 2.45) is 0 Å². The van der Waals surface area contributed by atoms with Crippen LogP contribution in [-0.2, 0) is 6.42 Å². The third kappa shape index (κ3) is 3.54. The first-order valence-electron chi connectivity index (χ1n) is 6.92. The molecule has 1 aromatic carbocycles. The fourth-order valence-corrected chi connectivity index (χ4v) is 2.84. The summed E-state index contributed by atoms with van der Waals surface area (Å²) in [5, 5.41) is 19.0. The Hall–Kier alpha value is -0.930. The summed E-state index contributed by atoms with van der Waals surface area (Å²) in [6.07, 6.45) is 3.38. The van der Waals surface area contributed by atoms with Crippen LogP contribution >= 0.6 is 12.4 Å². The van der Waals surface area contributed by atoms with Gasteiger partial charge in [0.05, 0.1) is 0 Å². The molecule has 1 atom stereocenters. The molecule has 0 radical (unpaired) electrons. The molecule has 3 nitrogen and oxygen atoms in total. The molecule has 108 valence electrons. The van der Waals surface area contributed by atoms with E-state index in [0.29, 0.717) is 5.92 Å². The van der Waals surface area contributed by atoms with E-state index in [1.165, 1.54) is 24.0 Å². The van der Waals surface area contributed by atoms with E-state index in [2.05, 4.69) is 18.7 Å². The molecule has 1 aliphatic carbocycles. The molecule has 0 bridgehead atoms. The molecule has 0 spiro atoms. The average Bonchev–Trinajstić information content (AvgIpc) is 2.33. The molecule has 0 saturated heterocycles. The Bertz CT molecular complexity index is 417. The standard InChI is InChI=1S/C15H23NO2.ClH/c1-3-5-16(6-4-2)10-12-7-11-8-14(17)15(18)9-13(11)12;/h8-9,12,17-18H,3-7,10H2,1-2H3;1H. The molecule has 0 fully saturated rings. The van der Waals surface area contributed by atoms with Gasteiger partial charge >= 0.3 is 0 Å². The highest BCUT2D eigenvalue weighted by atomic mass is 35.5. The molecule has 0 amide bonds. The van der Waals surface area contributed by atoms with Gasteiger partial charge < -0.3 is 15.1 Å². The molecule has 0 aliphatic heterocycles. The van der Waals surface area contributed by atoms with Gasteiger partial charge in [-0.15, -0.1) is 12.4 Å². The van der Waals surface area contributed by atoms with E-state index in [4.69, 9.17) is 0 Å². The molecule has 2 N–H and O–H groups in total. The van der Waals surface area contributed by atoms with Crippen LogP contribution in [0.25, 0.3) is 0 Å². The molecular formula is C15H24ClNO2. The minimum absolute atomic E-state index is 0. The zero-order valence-corrected chi connectivity index (χ0v) is 12.5. The van der Waals surface area contributed by atoms with Gasteiger partial charge in [0, 0.05) is 12.5 Å². The Kier molecular flexibility index (Phi) is 5.95. The van der Waals surface area contributed by atoms with Crippen LogP contribution in [0.5, 0.6) is 11.5 Å². The van der Waals surface area contributed by atoms with Gasteiger partial charge in [-0.3, -0.25) is 0 Å². The SMILES string of the molecule is CCCN(CCC)CC1Cc2cc(O)c(O)cc21.Cl. The second kappa shape index (κ2) is 7.01. The van der Waals surface area contributed by atoms with Crippen molar-refractivity contribution in [3.63, 3.8) is 0 Å². The molecule has 1 aliphatic rings. The number of nitrogens with zero attached hydrogens (tertiary/aromatic N) is 1. The van der Waals surface area contributed by atoms with Gasteiger partial charge in [-0.2, -0.15) is 0 Å². The van der Waals surface area contributed by atoms with Gasteiger partial charge in [-0.05, 0) is 55.6 Å². The molecule has 19 heavy (non-hydrogen) atoms. The minimum Gasteiger partial charge on any atom is -0.504 e. The number of aromatic hydroxyl groups is 2. The van der Waals surface area contributed by atoms with Gasteiger partial charge in [0.1, 0.15) is 0 Å². The van der Waals surface area contributed by atoms with E-state index >= 15 is 0 Å². The Morgan fingerprint density at radius 1 is 1.11 bits per heavy atom. The summed E-state index contributed by atoms with van der Waals surface area (Å²) in [6, 6.07) is 3.43. The summed E-state index contributed by atoms with van der Waals surface area (Å²) in [5.74, 6) is 0.534. The zero-order valence-electron chi connectivity index (χ0n) is 11.7. The Balaban J connectivity index is 0.00000180. The summed E-state index contributed by atoms with van der Waals surface area (Å²) in [6.45, 7) is 7.77. The second-order valence-electron chi connectivity index (χ2n) is 5.24. The number of phenolic OH excluding ortho intramolecular Hbond substituents is 2. The first-order chi connectivity index (χ1) is 8.65. The average molecular weight is 286 g/mol. The zero-order chi connectivity index (χ0) is 13.1. The predicted molar refractivity (Wildman–Crippen MR) is 80.5 cm³/mol. The van der Waals surface area contributed by atoms with E-state index < -0.39 is 0 Å². The molecule has 0 saturated carbocycles. The lowest BCUT2D eigenvalue weighted by molar-refractivity contribution is 0.248. The Morgan fingerprint density at radius 2 is 1.68 bits per heavy atom. The monoisotopic (exact) mass is 285 g/mol. The predicted octanol–water partition coefficient (Wildman–Crippen LogP) is 3.28. The fourth-order valence-electron chi connectivity index (χ4n) is 2.84. The van der Waals surface area contributed by atoms with Crippen molar-refractivity contribution in [3.8, 4) is 11.5 Å². The van der Waals surface area contributed by atoms with Crippen molar-refractivity contribution >= 4 is 12.4 Å². The molecule has 0 aromatic heterocycles. The topological polar surface area (TPSA) is 43.7 Å². The summed E-state index contributed by atoms with van der Waals surface area (Å²) >= 11 is 0. The maximum Gasteiger partial charge on any atom is 0.157 e. The third-order valence-electron chi connectivity index (χ3n) is 3.70. The largest absolute Gasteiger partial charge is 0.504 e. The van der Waals surface area contributed by atoms with Crippen LogP contribution in [0.4, 0.5) is 0 Å². The number of hydrogen-bond acceptors (Lipinski definition) is 3. The molecule has 0 heterocycles. The first-order valence-corrected chi connectivity index (χ1v) is 6.92. The van der Waals surface area contributed by atoms with Gasteiger partial charge in [0.2, 0.25) is 0 Å². The van der Waals surface area contributed by atoms with Gasteiger partial charge in [-0.25, -0.2) is 0 Å². The lowest BCUT2D eigenvalue weighted by Crippen LogP contribution is -2.34. The Labute approximate surface area is 121 Å². The molecule has 4 heteroatoms. The third-order valence-corrected chi connectivity index (χ3v) is 3.70. The van der Waals surface area contributed by atoms with Crippen molar-refractivity contribution < 1.29 is 10.2 Å². The minimum atomic E-state index is 0. The number of phenols is 2. The van der Waals surface area contributed by atoms with Gasteiger partial charge in [-0.1, -0.05) is 13.8 Å². The van der Waals surface area contributed by atoms with Gasteiger partial charge in [0.25, 0.3) is 0 Å². The summed E-state index contributed by atoms with van der Waals surface area (Å²) < 4.78 is 0. The normalized spacial score (nSPS) is 16.7. The summed E-state index contributed by atoms with van der Waals surface area (Å²) in [4.78, 5) is 2.50. The lowest BCUT2D eigenvalue weighted by atomic mass is 9.77. The van der Waals surface area contributed by atoms with E-state index in [1.54, 1.807) is 12.1 Å². The first kappa shape index (κ1) is 16.1. The van der Waals surface area contributed by atoms with Gasteiger partial charge in [0.15, 0.2) is 11.5 Å². The summed E-state index contributed by atoms with van der Waals surface area (Å²) in [7, 11) is 0. The highest BCUT2D eigenvalue weighted by Gasteiger charge is 2.29. The van der Waals surface area contributed by atoms with Crippen LogP contribution in [0.3, 0.4) is 0 Å². The lowest BCUT2D eigenvalue weighted by Gasteiger charge is -2.35. The van der Waals surface area contributed by atoms with Crippen LogP contribution in [0, 0.1) is 0 Å². The molecule has 1 aromatic rings. The van der Waals surface area contributed by atoms with Crippen molar-refractivity contribution in [1.29, 1.82) is 0 Å². The molecule has 1 unspecified atom stereocenters. The number of benzene rings is 1. The van der Waals surface area contributed by atoms with E-state index in [1.807, 2.05) is 0 Å². The number of hydrogen-bond donors (Lipinski definition) is 2. The van der Waals surface area contributed by atoms with Crippen molar-refractivity contribution in [3.05, 3.63) is 23.3 Å². The fraction of sp³-hybridized carbons (Fsp3) is 0.600. The maximum atomic E-state index is 9.55. The van der Waals surface area contributed by atoms with Crippen LogP contribution in [-0.4, -0.2) is 34.7 Å². The molecular weight excluding hydrogens is 262 g/mol. The van der Waals surface area contributed by atoms with Crippen LogP contribution < -0.4 is 0 Å². The Morgan fingerprint density at radius 3 is 2.26 bits per heavy atom. The van der Waals surface area contributed by atoms with Crippen LogP contribution in [0.1, 0.15) is 43.7 Å². The highest BCUT2D eigenvalue weighted by Crippen LogP contribution is 2.41.